The maximum absolute atomic E-state index is 5.97. The number of furan rings is 1. The number of hydrogen-bond donors (Lipinski definition) is 1. The summed E-state index contributed by atoms with van der Waals surface area (Å²) in [6.45, 7) is 6.37. The summed E-state index contributed by atoms with van der Waals surface area (Å²) in [7, 11) is 1.66. The van der Waals surface area contributed by atoms with Gasteiger partial charge in [-0.25, -0.2) is 0 Å². The average Bonchev–Trinajstić information content (AvgIpc) is 3.08. The standard InChI is InChI=1S/C16H19N3O3/c1-9-13-7-12(20-4)5-6-14(13)22-16(9)10(2)17-8-15-19-18-11(3)21-15/h5-7,10,17H,8H2,1-4H3. The number of aryl methyl sites for hydroxylation is 2. The van der Waals surface area contributed by atoms with E-state index < -0.39 is 0 Å². The minimum atomic E-state index is 0.0330. The van der Waals surface area contributed by atoms with Gasteiger partial charge in [0.05, 0.1) is 19.7 Å². The van der Waals surface area contributed by atoms with E-state index in [1.165, 1.54) is 0 Å². The number of benzene rings is 1. The van der Waals surface area contributed by atoms with Crippen LogP contribution in [0.5, 0.6) is 5.75 Å². The van der Waals surface area contributed by atoms with Crippen LogP contribution in [-0.4, -0.2) is 17.3 Å². The van der Waals surface area contributed by atoms with Crippen LogP contribution in [0.3, 0.4) is 0 Å². The molecule has 116 valence electrons. The minimum absolute atomic E-state index is 0.0330. The molecule has 0 saturated carbocycles. The molecular formula is C16H19N3O3. The number of hydrogen-bond acceptors (Lipinski definition) is 6. The second-order valence-corrected chi connectivity index (χ2v) is 5.27. The van der Waals surface area contributed by atoms with Crippen LogP contribution in [0.2, 0.25) is 0 Å². The minimum Gasteiger partial charge on any atom is -0.497 e. The highest BCUT2D eigenvalue weighted by molar-refractivity contribution is 5.83. The van der Waals surface area contributed by atoms with Gasteiger partial charge in [0.1, 0.15) is 17.1 Å². The zero-order valence-electron chi connectivity index (χ0n) is 13.1. The van der Waals surface area contributed by atoms with Gasteiger partial charge in [-0.15, -0.1) is 10.2 Å². The fraction of sp³-hybridized carbons (Fsp3) is 0.375. The van der Waals surface area contributed by atoms with E-state index in [9.17, 15) is 0 Å². The lowest BCUT2D eigenvalue weighted by Gasteiger charge is -2.10. The van der Waals surface area contributed by atoms with Gasteiger partial charge in [-0.3, -0.25) is 5.32 Å². The molecule has 0 aliphatic heterocycles. The van der Waals surface area contributed by atoms with Gasteiger partial charge in [0.15, 0.2) is 0 Å². The van der Waals surface area contributed by atoms with E-state index in [0.29, 0.717) is 18.3 Å². The van der Waals surface area contributed by atoms with Gasteiger partial charge in [-0.1, -0.05) is 0 Å². The second kappa shape index (κ2) is 5.81. The first-order valence-corrected chi connectivity index (χ1v) is 7.18. The molecule has 6 nitrogen and oxygen atoms in total. The Hall–Kier alpha value is -2.34. The van der Waals surface area contributed by atoms with Crippen molar-refractivity contribution in [3.05, 3.63) is 41.3 Å². The van der Waals surface area contributed by atoms with E-state index in [1.54, 1.807) is 14.0 Å². The van der Waals surface area contributed by atoms with Crippen molar-refractivity contribution >= 4 is 11.0 Å². The molecule has 0 aliphatic rings. The van der Waals surface area contributed by atoms with Crippen molar-refractivity contribution in [2.75, 3.05) is 7.11 Å². The van der Waals surface area contributed by atoms with Gasteiger partial charge < -0.3 is 13.6 Å². The van der Waals surface area contributed by atoms with E-state index in [4.69, 9.17) is 13.6 Å². The van der Waals surface area contributed by atoms with Crippen molar-refractivity contribution in [3.8, 4) is 5.75 Å². The van der Waals surface area contributed by atoms with Gasteiger partial charge in [0.2, 0.25) is 11.8 Å². The number of aromatic nitrogens is 2. The van der Waals surface area contributed by atoms with Gasteiger partial charge in [-0.2, -0.15) is 0 Å². The quantitative estimate of drug-likeness (QED) is 0.779. The molecular weight excluding hydrogens is 282 g/mol. The zero-order valence-corrected chi connectivity index (χ0v) is 13.1. The van der Waals surface area contributed by atoms with Crippen LogP contribution in [0, 0.1) is 13.8 Å². The number of ether oxygens (including phenoxy) is 1. The van der Waals surface area contributed by atoms with E-state index in [0.717, 1.165) is 28.0 Å². The van der Waals surface area contributed by atoms with Crippen molar-refractivity contribution in [1.82, 2.24) is 15.5 Å². The van der Waals surface area contributed by atoms with Crippen LogP contribution in [0.1, 0.15) is 36.1 Å². The smallest absolute Gasteiger partial charge is 0.230 e. The molecule has 1 N–H and O–H groups in total. The van der Waals surface area contributed by atoms with Gasteiger partial charge >= 0.3 is 0 Å². The summed E-state index contributed by atoms with van der Waals surface area (Å²) in [5.41, 5.74) is 1.96. The first-order valence-electron chi connectivity index (χ1n) is 7.18. The number of rotatable bonds is 5. The Kier molecular flexibility index (Phi) is 3.85. The van der Waals surface area contributed by atoms with Gasteiger partial charge in [0, 0.05) is 17.9 Å². The predicted octanol–water partition coefficient (Wildman–Crippen LogP) is 3.29. The lowest BCUT2D eigenvalue weighted by molar-refractivity contribution is 0.401. The fourth-order valence-electron chi connectivity index (χ4n) is 2.50. The van der Waals surface area contributed by atoms with Crippen LogP contribution in [0.4, 0.5) is 0 Å². The molecule has 3 rings (SSSR count). The molecule has 0 spiro atoms. The summed E-state index contributed by atoms with van der Waals surface area (Å²) >= 11 is 0. The topological polar surface area (TPSA) is 73.3 Å². The van der Waals surface area contributed by atoms with Crippen molar-refractivity contribution in [2.24, 2.45) is 0 Å². The summed E-state index contributed by atoms with van der Waals surface area (Å²) in [6.07, 6.45) is 0. The molecule has 0 fully saturated rings. The summed E-state index contributed by atoms with van der Waals surface area (Å²) < 4.78 is 16.6. The van der Waals surface area contributed by atoms with Gasteiger partial charge in [0.25, 0.3) is 0 Å². The molecule has 2 aromatic heterocycles. The predicted molar refractivity (Wildman–Crippen MR) is 81.8 cm³/mol. The molecule has 1 aromatic carbocycles. The number of nitrogens with zero attached hydrogens (tertiary/aromatic N) is 2. The molecule has 1 atom stereocenters. The Labute approximate surface area is 128 Å². The van der Waals surface area contributed by atoms with Crippen molar-refractivity contribution < 1.29 is 13.6 Å². The highest BCUT2D eigenvalue weighted by atomic mass is 16.5. The highest BCUT2D eigenvalue weighted by Gasteiger charge is 2.17. The van der Waals surface area contributed by atoms with Crippen LogP contribution in [-0.2, 0) is 6.54 Å². The molecule has 3 aromatic rings. The zero-order chi connectivity index (χ0) is 15.7. The number of nitrogens with one attached hydrogen (secondary N) is 1. The molecule has 0 radical (unpaired) electrons. The molecule has 0 amide bonds. The molecule has 0 saturated heterocycles. The SMILES string of the molecule is COc1ccc2oc(C(C)NCc3nnc(C)o3)c(C)c2c1. The summed E-state index contributed by atoms with van der Waals surface area (Å²) in [5, 5.41) is 12.2. The Morgan fingerprint density at radius 3 is 2.73 bits per heavy atom. The van der Waals surface area contributed by atoms with E-state index >= 15 is 0 Å². The Morgan fingerprint density at radius 1 is 1.23 bits per heavy atom. The summed E-state index contributed by atoms with van der Waals surface area (Å²) in [6, 6.07) is 5.85. The van der Waals surface area contributed by atoms with E-state index in [1.807, 2.05) is 25.1 Å². The monoisotopic (exact) mass is 301 g/mol. The largest absolute Gasteiger partial charge is 0.497 e. The maximum atomic E-state index is 5.97. The third kappa shape index (κ3) is 2.69. The van der Waals surface area contributed by atoms with Crippen LogP contribution >= 0.6 is 0 Å². The third-order valence-corrected chi connectivity index (χ3v) is 3.70. The number of fused-ring (bicyclic) bond motifs is 1. The molecule has 1 unspecified atom stereocenters. The highest BCUT2D eigenvalue weighted by Crippen LogP contribution is 2.31. The normalized spacial score (nSPS) is 12.7. The van der Waals surface area contributed by atoms with Crippen LogP contribution < -0.4 is 10.1 Å². The molecule has 6 heteroatoms. The fourth-order valence-corrected chi connectivity index (χ4v) is 2.50. The number of methoxy groups -OCH3 is 1. The van der Waals surface area contributed by atoms with Crippen molar-refractivity contribution in [3.63, 3.8) is 0 Å². The Bertz CT molecular complexity index is 791. The van der Waals surface area contributed by atoms with Crippen LogP contribution in [0.25, 0.3) is 11.0 Å². The van der Waals surface area contributed by atoms with Gasteiger partial charge in [-0.05, 0) is 32.0 Å². The van der Waals surface area contributed by atoms with E-state index in [-0.39, 0.29) is 6.04 Å². The molecule has 2 heterocycles. The third-order valence-electron chi connectivity index (χ3n) is 3.70. The first kappa shape index (κ1) is 14.6. The first-order chi connectivity index (χ1) is 10.6. The average molecular weight is 301 g/mol. The Balaban J connectivity index is 1.81. The van der Waals surface area contributed by atoms with Crippen molar-refractivity contribution in [2.45, 2.75) is 33.4 Å². The summed E-state index contributed by atoms with van der Waals surface area (Å²) in [5.74, 6) is 2.86. The molecule has 0 aliphatic carbocycles. The lowest BCUT2D eigenvalue weighted by Crippen LogP contribution is -2.18. The summed E-state index contributed by atoms with van der Waals surface area (Å²) in [4.78, 5) is 0. The maximum Gasteiger partial charge on any atom is 0.230 e. The van der Waals surface area contributed by atoms with Crippen molar-refractivity contribution in [1.29, 1.82) is 0 Å². The van der Waals surface area contributed by atoms with Crippen LogP contribution in [0.15, 0.2) is 27.0 Å². The molecule has 22 heavy (non-hydrogen) atoms. The Morgan fingerprint density at radius 2 is 2.05 bits per heavy atom. The lowest BCUT2D eigenvalue weighted by atomic mass is 10.1. The van der Waals surface area contributed by atoms with E-state index in [2.05, 4.69) is 22.4 Å². The molecule has 0 bridgehead atoms. The second-order valence-electron chi connectivity index (χ2n) is 5.27.